The molecule has 3 heteroatoms. The Bertz CT molecular complexity index is 279. The maximum absolute atomic E-state index is 4.56. The van der Waals surface area contributed by atoms with Gasteiger partial charge >= 0.3 is 0 Å². The average Bonchev–Trinajstić information content (AvgIpc) is 2.44. The maximum atomic E-state index is 4.56. The fourth-order valence-electron chi connectivity index (χ4n) is 1.38. The SMILES string of the molecule is CCCc1nc(C)sc1CNC(C)C. The first-order valence-electron chi connectivity index (χ1n) is 5.32. The van der Waals surface area contributed by atoms with E-state index in [9.17, 15) is 0 Å². The Morgan fingerprint density at radius 3 is 2.71 bits per heavy atom. The zero-order valence-corrected chi connectivity index (χ0v) is 10.4. The van der Waals surface area contributed by atoms with Crippen LogP contribution in [0.1, 0.15) is 42.8 Å². The summed E-state index contributed by atoms with van der Waals surface area (Å²) < 4.78 is 0. The monoisotopic (exact) mass is 212 g/mol. The molecule has 1 heterocycles. The van der Waals surface area contributed by atoms with Crippen LogP contribution in [0.15, 0.2) is 0 Å². The van der Waals surface area contributed by atoms with Gasteiger partial charge in [0.15, 0.2) is 0 Å². The second-order valence-electron chi connectivity index (χ2n) is 3.89. The number of thiazole rings is 1. The third kappa shape index (κ3) is 3.39. The number of aromatic nitrogens is 1. The van der Waals surface area contributed by atoms with Crippen LogP contribution in [-0.2, 0) is 13.0 Å². The molecule has 1 rings (SSSR count). The lowest BCUT2D eigenvalue weighted by atomic mass is 10.2. The summed E-state index contributed by atoms with van der Waals surface area (Å²) in [6.45, 7) is 9.61. The summed E-state index contributed by atoms with van der Waals surface area (Å²) in [5.41, 5.74) is 1.29. The number of nitrogens with zero attached hydrogens (tertiary/aromatic N) is 1. The van der Waals surface area contributed by atoms with Gasteiger partial charge in [0.1, 0.15) is 0 Å². The molecular formula is C11H20N2S. The first-order valence-corrected chi connectivity index (χ1v) is 6.13. The Balaban J connectivity index is 2.63. The molecule has 0 radical (unpaired) electrons. The molecule has 0 aliphatic heterocycles. The first kappa shape index (κ1) is 11.7. The molecule has 0 amide bonds. The highest BCUT2D eigenvalue weighted by Gasteiger charge is 2.07. The highest BCUT2D eigenvalue weighted by molar-refractivity contribution is 7.11. The Kier molecular flexibility index (Phi) is 4.55. The molecule has 0 spiro atoms. The van der Waals surface area contributed by atoms with Crippen molar-refractivity contribution < 1.29 is 0 Å². The molecule has 2 nitrogen and oxygen atoms in total. The fourth-order valence-corrected chi connectivity index (χ4v) is 2.31. The Morgan fingerprint density at radius 1 is 1.43 bits per heavy atom. The number of rotatable bonds is 5. The molecule has 0 saturated heterocycles. The van der Waals surface area contributed by atoms with E-state index in [-0.39, 0.29) is 0 Å². The van der Waals surface area contributed by atoms with Gasteiger partial charge in [-0.1, -0.05) is 27.2 Å². The van der Waals surface area contributed by atoms with Crippen LogP contribution in [0.2, 0.25) is 0 Å². The highest BCUT2D eigenvalue weighted by Crippen LogP contribution is 2.19. The topological polar surface area (TPSA) is 24.9 Å². The van der Waals surface area contributed by atoms with E-state index in [1.807, 2.05) is 11.3 Å². The molecule has 0 bridgehead atoms. The first-order chi connectivity index (χ1) is 6.63. The van der Waals surface area contributed by atoms with E-state index in [1.165, 1.54) is 22.0 Å². The summed E-state index contributed by atoms with van der Waals surface area (Å²) in [6.07, 6.45) is 2.29. The molecule has 0 unspecified atom stereocenters. The predicted molar refractivity (Wildman–Crippen MR) is 62.8 cm³/mol. The van der Waals surface area contributed by atoms with Crippen LogP contribution in [-0.4, -0.2) is 11.0 Å². The van der Waals surface area contributed by atoms with E-state index in [2.05, 4.69) is 38.0 Å². The summed E-state index contributed by atoms with van der Waals surface area (Å²) in [5.74, 6) is 0. The lowest BCUT2D eigenvalue weighted by Crippen LogP contribution is -2.21. The van der Waals surface area contributed by atoms with Crippen molar-refractivity contribution in [3.8, 4) is 0 Å². The van der Waals surface area contributed by atoms with E-state index in [0.717, 1.165) is 13.0 Å². The van der Waals surface area contributed by atoms with Crippen LogP contribution in [0.3, 0.4) is 0 Å². The van der Waals surface area contributed by atoms with Crippen LogP contribution >= 0.6 is 11.3 Å². The minimum atomic E-state index is 0.548. The van der Waals surface area contributed by atoms with Gasteiger partial charge in [-0.3, -0.25) is 0 Å². The maximum Gasteiger partial charge on any atom is 0.0900 e. The molecule has 1 N–H and O–H groups in total. The highest BCUT2D eigenvalue weighted by atomic mass is 32.1. The third-order valence-electron chi connectivity index (χ3n) is 2.04. The molecule has 80 valence electrons. The smallest absolute Gasteiger partial charge is 0.0900 e. The zero-order chi connectivity index (χ0) is 10.6. The molecule has 1 aromatic heterocycles. The molecule has 0 aliphatic rings. The molecule has 0 saturated carbocycles. The molecule has 0 fully saturated rings. The van der Waals surface area contributed by atoms with Crippen molar-refractivity contribution in [1.82, 2.24) is 10.3 Å². The molecule has 0 atom stereocenters. The normalized spacial score (nSPS) is 11.2. The third-order valence-corrected chi connectivity index (χ3v) is 3.06. The lowest BCUT2D eigenvalue weighted by molar-refractivity contribution is 0.589. The predicted octanol–water partition coefficient (Wildman–Crippen LogP) is 2.90. The molecule has 1 aromatic rings. The van der Waals surface area contributed by atoms with Gasteiger partial charge < -0.3 is 5.32 Å². The van der Waals surface area contributed by atoms with Crippen molar-refractivity contribution in [1.29, 1.82) is 0 Å². The van der Waals surface area contributed by atoms with Gasteiger partial charge in [0.25, 0.3) is 0 Å². The average molecular weight is 212 g/mol. The number of hydrogen-bond donors (Lipinski definition) is 1. The van der Waals surface area contributed by atoms with Crippen molar-refractivity contribution in [2.24, 2.45) is 0 Å². The molecule has 0 aromatic carbocycles. The van der Waals surface area contributed by atoms with Crippen LogP contribution in [0, 0.1) is 6.92 Å². The van der Waals surface area contributed by atoms with E-state index in [1.54, 1.807) is 0 Å². The lowest BCUT2D eigenvalue weighted by Gasteiger charge is -2.07. The standard InChI is InChI=1S/C11H20N2S/c1-5-6-10-11(7-12-8(2)3)14-9(4)13-10/h8,12H,5-7H2,1-4H3. The number of hydrogen-bond acceptors (Lipinski definition) is 3. The Labute approximate surface area is 90.8 Å². The number of nitrogens with one attached hydrogen (secondary N) is 1. The van der Waals surface area contributed by atoms with Crippen LogP contribution in [0.5, 0.6) is 0 Å². The summed E-state index contributed by atoms with van der Waals surface area (Å²) in [4.78, 5) is 5.97. The minimum Gasteiger partial charge on any atom is -0.310 e. The van der Waals surface area contributed by atoms with Gasteiger partial charge in [-0.05, 0) is 13.3 Å². The Morgan fingerprint density at radius 2 is 2.14 bits per heavy atom. The van der Waals surface area contributed by atoms with Gasteiger partial charge in [0.2, 0.25) is 0 Å². The minimum absolute atomic E-state index is 0.548. The molecule has 0 aliphatic carbocycles. The van der Waals surface area contributed by atoms with E-state index < -0.39 is 0 Å². The van der Waals surface area contributed by atoms with Crippen LogP contribution < -0.4 is 5.32 Å². The van der Waals surface area contributed by atoms with Gasteiger partial charge in [0, 0.05) is 17.5 Å². The van der Waals surface area contributed by atoms with Gasteiger partial charge in [0.05, 0.1) is 10.7 Å². The van der Waals surface area contributed by atoms with Crippen LogP contribution in [0.4, 0.5) is 0 Å². The van der Waals surface area contributed by atoms with Crippen molar-refractivity contribution in [2.75, 3.05) is 0 Å². The molecular weight excluding hydrogens is 192 g/mol. The summed E-state index contributed by atoms with van der Waals surface area (Å²) >= 11 is 1.82. The fraction of sp³-hybridized carbons (Fsp3) is 0.727. The van der Waals surface area contributed by atoms with E-state index >= 15 is 0 Å². The Hall–Kier alpha value is -0.410. The molecule has 14 heavy (non-hydrogen) atoms. The van der Waals surface area contributed by atoms with Crippen molar-refractivity contribution in [3.05, 3.63) is 15.6 Å². The summed E-state index contributed by atoms with van der Waals surface area (Å²) in [6, 6.07) is 0.548. The van der Waals surface area contributed by atoms with Crippen LogP contribution in [0.25, 0.3) is 0 Å². The van der Waals surface area contributed by atoms with Gasteiger partial charge in [-0.25, -0.2) is 4.98 Å². The second-order valence-corrected chi connectivity index (χ2v) is 5.18. The van der Waals surface area contributed by atoms with E-state index in [4.69, 9.17) is 0 Å². The second kappa shape index (κ2) is 5.47. The van der Waals surface area contributed by atoms with E-state index in [0.29, 0.717) is 6.04 Å². The number of aryl methyl sites for hydroxylation is 2. The van der Waals surface area contributed by atoms with Crippen molar-refractivity contribution >= 4 is 11.3 Å². The largest absolute Gasteiger partial charge is 0.310 e. The zero-order valence-electron chi connectivity index (χ0n) is 9.55. The summed E-state index contributed by atoms with van der Waals surface area (Å²) in [7, 11) is 0. The quantitative estimate of drug-likeness (QED) is 0.812. The van der Waals surface area contributed by atoms with Gasteiger partial charge in [-0.2, -0.15) is 0 Å². The summed E-state index contributed by atoms with van der Waals surface area (Å²) in [5, 5.41) is 4.63. The van der Waals surface area contributed by atoms with Crippen molar-refractivity contribution in [2.45, 2.75) is 53.1 Å². The van der Waals surface area contributed by atoms with Gasteiger partial charge in [-0.15, -0.1) is 11.3 Å². The van der Waals surface area contributed by atoms with Crippen molar-refractivity contribution in [3.63, 3.8) is 0 Å².